The quantitative estimate of drug-likeness (QED) is 0.891. The van der Waals surface area contributed by atoms with Gasteiger partial charge in [0.2, 0.25) is 0 Å². The second-order valence-electron chi connectivity index (χ2n) is 6.14. The molecular weight excluding hydrogens is 308 g/mol. The van der Waals surface area contributed by atoms with Crippen LogP contribution in [0.25, 0.3) is 0 Å². The van der Waals surface area contributed by atoms with E-state index in [0.717, 1.165) is 4.47 Å². The lowest BCUT2D eigenvalue weighted by Crippen LogP contribution is -2.39. The summed E-state index contributed by atoms with van der Waals surface area (Å²) in [4.78, 5) is 12.2. The van der Waals surface area contributed by atoms with Crippen molar-refractivity contribution in [3.8, 4) is 0 Å². The topological polar surface area (TPSA) is 54.3 Å². The van der Waals surface area contributed by atoms with Crippen LogP contribution in [0.2, 0.25) is 0 Å². The molecule has 0 bridgehead atoms. The number of rotatable bonds is 4. The van der Waals surface area contributed by atoms with Gasteiger partial charge in [-0.15, -0.1) is 0 Å². The first-order chi connectivity index (χ1) is 8.62. The SMILES string of the molecule is CC(C)n1cc(Br)cc1C(=O)NCC(O)C(C)(C)C. The molecule has 0 fully saturated rings. The van der Waals surface area contributed by atoms with E-state index in [4.69, 9.17) is 0 Å². The van der Waals surface area contributed by atoms with Gasteiger partial charge in [-0.3, -0.25) is 4.79 Å². The summed E-state index contributed by atoms with van der Waals surface area (Å²) in [6, 6.07) is 2.00. The molecule has 108 valence electrons. The Balaban J connectivity index is 2.74. The highest BCUT2D eigenvalue weighted by Gasteiger charge is 2.23. The van der Waals surface area contributed by atoms with E-state index >= 15 is 0 Å². The first kappa shape index (κ1) is 16.2. The van der Waals surface area contributed by atoms with Crippen LogP contribution in [0.15, 0.2) is 16.7 Å². The number of halogens is 1. The van der Waals surface area contributed by atoms with Crippen molar-refractivity contribution in [1.29, 1.82) is 0 Å². The summed E-state index contributed by atoms with van der Waals surface area (Å²) >= 11 is 3.38. The van der Waals surface area contributed by atoms with Crippen LogP contribution in [-0.2, 0) is 0 Å². The molecule has 1 amide bonds. The lowest BCUT2D eigenvalue weighted by molar-refractivity contribution is 0.0584. The number of aliphatic hydroxyl groups excluding tert-OH is 1. The Labute approximate surface area is 123 Å². The third kappa shape index (κ3) is 4.35. The number of nitrogens with one attached hydrogen (secondary N) is 1. The van der Waals surface area contributed by atoms with Gasteiger partial charge in [-0.25, -0.2) is 0 Å². The molecule has 2 N–H and O–H groups in total. The summed E-state index contributed by atoms with van der Waals surface area (Å²) in [5, 5.41) is 12.7. The molecule has 0 aliphatic heterocycles. The van der Waals surface area contributed by atoms with E-state index < -0.39 is 6.10 Å². The number of carbonyl (C=O) groups is 1. The largest absolute Gasteiger partial charge is 0.391 e. The van der Waals surface area contributed by atoms with Crippen LogP contribution in [0.3, 0.4) is 0 Å². The van der Waals surface area contributed by atoms with Crippen LogP contribution in [0, 0.1) is 5.41 Å². The molecule has 0 aliphatic rings. The maximum atomic E-state index is 12.2. The number of aliphatic hydroxyl groups is 1. The first-order valence-electron chi connectivity index (χ1n) is 6.46. The Bertz CT molecular complexity index is 447. The number of carbonyl (C=O) groups excluding carboxylic acids is 1. The zero-order valence-electron chi connectivity index (χ0n) is 12.2. The maximum Gasteiger partial charge on any atom is 0.268 e. The third-order valence-electron chi connectivity index (χ3n) is 3.06. The van der Waals surface area contributed by atoms with Crippen LogP contribution in [-0.4, -0.2) is 28.2 Å². The van der Waals surface area contributed by atoms with Gasteiger partial charge in [-0.05, 0) is 41.3 Å². The Morgan fingerprint density at radius 2 is 2.05 bits per heavy atom. The molecule has 0 aromatic carbocycles. The van der Waals surface area contributed by atoms with Crippen molar-refractivity contribution in [2.24, 2.45) is 5.41 Å². The van der Waals surface area contributed by atoms with E-state index in [2.05, 4.69) is 21.2 Å². The van der Waals surface area contributed by atoms with Crippen LogP contribution in [0.5, 0.6) is 0 Å². The minimum absolute atomic E-state index is 0.164. The van der Waals surface area contributed by atoms with Gasteiger partial charge in [-0.1, -0.05) is 20.8 Å². The minimum Gasteiger partial charge on any atom is -0.391 e. The van der Waals surface area contributed by atoms with Crippen molar-refractivity contribution >= 4 is 21.8 Å². The molecule has 1 rings (SSSR count). The Kier molecular flexibility index (Phi) is 5.21. The van der Waals surface area contributed by atoms with E-state index in [9.17, 15) is 9.90 Å². The van der Waals surface area contributed by atoms with Crippen molar-refractivity contribution in [2.75, 3.05) is 6.54 Å². The first-order valence-corrected chi connectivity index (χ1v) is 7.26. The van der Waals surface area contributed by atoms with Crippen molar-refractivity contribution in [1.82, 2.24) is 9.88 Å². The van der Waals surface area contributed by atoms with Crippen LogP contribution >= 0.6 is 15.9 Å². The fourth-order valence-corrected chi connectivity index (χ4v) is 2.08. The normalized spacial score (nSPS) is 13.7. The highest BCUT2D eigenvalue weighted by Crippen LogP contribution is 2.20. The van der Waals surface area contributed by atoms with Crippen LogP contribution in [0.4, 0.5) is 0 Å². The third-order valence-corrected chi connectivity index (χ3v) is 3.49. The van der Waals surface area contributed by atoms with Gasteiger partial charge in [0.15, 0.2) is 0 Å². The molecule has 5 heteroatoms. The van der Waals surface area contributed by atoms with Gasteiger partial charge in [-0.2, -0.15) is 0 Å². The van der Waals surface area contributed by atoms with Gasteiger partial charge in [0, 0.05) is 23.3 Å². The summed E-state index contributed by atoms with van der Waals surface area (Å²) in [7, 11) is 0. The number of hydrogen-bond donors (Lipinski definition) is 2. The van der Waals surface area contributed by atoms with E-state index in [0.29, 0.717) is 5.69 Å². The molecule has 1 atom stereocenters. The predicted octanol–water partition coefficient (Wildman–Crippen LogP) is 2.97. The molecular formula is C14H23BrN2O2. The number of aromatic nitrogens is 1. The van der Waals surface area contributed by atoms with Crippen molar-refractivity contribution in [3.63, 3.8) is 0 Å². The second kappa shape index (κ2) is 6.09. The monoisotopic (exact) mass is 330 g/mol. The number of nitrogens with zero attached hydrogens (tertiary/aromatic N) is 1. The molecule has 0 radical (unpaired) electrons. The second-order valence-corrected chi connectivity index (χ2v) is 7.05. The number of hydrogen-bond acceptors (Lipinski definition) is 2. The summed E-state index contributed by atoms with van der Waals surface area (Å²) in [6.45, 7) is 10.1. The average molecular weight is 331 g/mol. The molecule has 0 saturated carbocycles. The van der Waals surface area contributed by atoms with Crippen LogP contribution < -0.4 is 5.32 Å². The highest BCUT2D eigenvalue weighted by atomic mass is 79.9. The van der Waals surface area contributed by atoms with E-state index in [-0.39, 0.29) is 23.9 Å². The summed E-state index contributed by atoms with van der Waals surface area (Å²) in [6.07, 6.45) is 1.32. The van der Waals surface area contributed by atoms with Gasteiger partial charge in [0.25, 0.3) is 5.91 Å². The molecule has 1 aromatic rings. The van der Waals surface area contributed by atoms with Crippen molar-refractivity contribution in [2.45, 2.75) is 46.8 Å². The average Bonchev–Trinajstić information content (AvgIpc) is 2.66. The molecule has 0 spiro atoms. The van der Waals surface area contributed by atoms with E-state index in [1.807, 2.05) is 45.4 Å². The fourth-order valence-electron chi connectivity index (χ4n) is 1.64. The molecule has 1 unspecified atom stereocenters. The van der Waals surface area contributed by atoms with Gasteiger partial charge >= 0.3 is 0 Å². The lowest BCUT2D eigenvalue weighted by atomic mass is 9.89. The van der Waals surface area contributed by atoms with Gasteiger partial charge < -0.3 is 15.0 Å². The summed E-state index contributed by atoms with van der Waals surface area (Å²) < 4.78 is 2.78. The zero-order chi connectivity index (χ0) is 14.8. The molecule has 1 aromatic heterocycles. The Morgan fingerprint density at radius 3 is 2.53 bits per heavy atom. The minimum atomic E-state index is -0.567. The molecule has 0 saturated heterocycles. The van der Waals surface area contributed by atoms with E-state index in [1.165, 1.54) is 0 Å². The van der Waals surface area contributed by atoms with Crippen molar-refractivity contribution < 1.29 is 9.90 Å². The van der Waals surface area contributed by atoms with Crippen molar-refractivity contribution in [3.05, 3.63) is 22.4 Å². The fraction of sp³-hybridized carbons (Fsp3) is 0.643. The molecule has 1 heterocycles. The Hall–Kier alpha value is -0.810. The van der Waals surface area contributed by atoms with Crippen LogP contribution in [0.1, 0.15) is 51.1 Å². The van der Waals surface area contributed by atoms with E-state index in [1.54, 1.807) is 6.07 Å². The zero-order valence-corrected chi connectivity index (χ0v) is 13.8. The van der Waals surface area contributed by atoms with Gasteiger partial charge in [0.1, 0.15) is 5.69 Å². The molecule has 4 nitrogen and oxygen atoms in total. The summed E-state index contributed by atoms with van der Waals surface area (Å²) in [5.74, 6) is -0.164. The standard InChI is InChI=1S/C14H23BrN2O2/c1-9(2)17-8-10(15)6-11(17)13(19)16-7-12(18)14(3,4)5/h6,8-9,12,18H,7H2,1-5H3,(H,16,19). The molecule has 0 aliphatic carbocycles. The highest BCUT2D eigenvalue weighted by molar-refractivity contribution is 9.10. The predicted molar refractivity (Wildman–Crippen MR) is 80.3 cm³/mol. The number of amides is 1. The maximum absolute atomic E-state index is 12.2. The summed E-state index contributed by atoms with van der Waals surface area (Å²) in [5.41, 5.74) is 0.358. The van der Waals surface area contributed by atoms with Gasteiger partial charge in [0.05, 0.1) is 6.10 Å². The Morgan fingerprint density at radius 1 is 1.47 bits per heavy atom. The lowest BCUT2D eigenvalue weighted by Gasteiger charge is -2.26. The molecule has 19 heavy (non-hydrogen) atoms. The smallest absolute Gasteiger partial charge is 0.268 e.